The van der Waals surface area contributed by atoms with E-state index in [1.54, 1.807) is 43.5 Å². The van der Waals surface area contributed by atoms with Gasteiger partial charge in [0.05, 0.1) is 25.3 Å². The van der Waals surface area contributed by atoms with Gasteiger partial charge in [0.25, 0.3) is 5.91 Å². The molecule has 29 heavy (non-hydrogen) atoms. The van der Waals surface area contributed by atoms with Gasteiger partial charge in [-0.15, -0.1) is 0 Å². The van der Waals surface area contributed by atoms with E-state index < -0.39 is 5.91 Å². The smallest absolute Gasteiger partial charge is 0.266 e. The zero-order valence-corrected chi connectivity index (χ0v) is 17.5. The van der Waals surface area contributed by atoms with Crippen LogP contribution in [0, 0.1) is 11.3 Å². The highest BCUT2D eigenvalue weighted by Crippen LogP contribution is 2.38. The summed E-state index contributed by atoms with van der Waals surface area (Å²) in [5, 5.41) is 12.4. The number of halogens is 1. The van der Waals surface area contributed by atoms with Crippen LogP contribution in [0.15, 0.2) is 42.0 Å². The van der Waals surface area contributed by atoms with Crippen molar-refractivity contribution in [2.45, 2.75) is 26.4 Å². The van der Waals surface area contributed by atoms with Crippen LogP contribution in [0.3, 0.4) is 0 Å². The normalized spacial score (nSPS) is 11.9. The monoisotopic (exact) mass is 414 g/mol. The van der Waals surface area contributed by atoms with Crippen LogP contribution in [0.4, 0.5) is 5.69 Å². The number of amides is 1. The van der Waals surface area contributed by atoms with Gasteiger partial charge in [0.15, 0.2) is 11.5 Å². The largest absolute Gasteiger partial charge is 0.497 e. The van der Waals surface area contributed by atoms with Crippen molar-refractivity contribution in [1.29, 1.82) is 5.26 Å². The molecule has 1 atom stereocenters. The lowest BCUT2D eigenvalue weighted by atomic mass is 10.1. The van der Waals surface area contributed by atoms with Crippen LogP contribution in [0.2, 0.25) is 5.02 Å². The van der Waals surface area contributed by atoms with Crippen LogP contribution in [0.1, 0.15) is 25.8 Å². The number of nitrogens with zero attached hydrogens (tertiary/aromatic N) is 1. The maximum absolute atomic E-state index is 12.5. The number of nitriles is 1. The molecular weight excluding hydrogens is 392 g/mol. The van der Waals surface area contributed by atoms with E-state index in [0.29, 0.717) is 33.5 Å². The van der Waals surface area contributed by atoms with E-state index in [9.17, 15) is 10.1 Å². The summed E-state index contributed by atoms with van der Waals surface area (Å²) in [6, 6.07) is 12.0. The molecule has 2 aromatic carbocycles. The molecular formula is C22H23ClN2O4. The van der Waals surface area contributed by atoms with E-state index in [1.165, 1.54) is 13.2 Å². The van der Waals surface area contributed by atoms with Crippen molar-refractivity contribution in [3.63, 3.8) is 0 Å². The Kier molecular flexibility index (Phi) is 7.93. The number of hydrogen-bond acceptors (Lipinski definition) is 5. The Bertz CT molecular complexity index is 933. The van der Waals surface area contributed by atoms with Crippen molar-refractivity contribution in [2.24, 2.45) is 0 Å². The second-order valence-electron chi connectivity index (χ2n) is 6.22. The molecule has 0 aliphatic carbocycles. The highest BCUT2D eigenvalue weighted by atomic mass is 35.5. The van der Waals surface area contributed by atoms with Crippen molar-refractivity contribution in [3.05, 3.63) is 52.6 Å². The van der Waals surface area contributed by atoms with Crippen LogP contribution < -0.4 is 19.5 Å². The highest BCUT2D eigenvalue weighted by molar-refractivity contribution is 6.32. The fourth-order valence-corrected chi connectivity index (χ4v) is 2.67. The molecule has 0 spiro atoms. The first-order valence-corrected chi connectivity index (χ1v) is 9.41. The molecule has 1 amide bonds. The van der Waals surface area contributed by atoms with E-state index in [2.05, 4.69) is 5.32 Å². The molecule has 0 aromatic heterocycles. The fraction of sp³-hybridized carbons (Fsp3) is 0.273. The van der Waals surface area contributed by atoms with E-state index in [-0.39, 0.29) is 11.7 Å². The molecule has 0 unspecified atom stereocenters. The minimum absolute atomic E-state index is 0.0345. The lowest BCUT2D eigenvalue weighted by molar-refractivity contribution is -0.112. The molecule has 2 rings (SSSR count). The van der Waals surface area contributed by atoms with Gasteiger partial charge < -0.3 is 19.5 Å². The van der Waals surface area contributed by atoms with Crippen molar-refractivity contribution >= 4 is 29.3 Å². The van der Waals surface area contributed by atoms with E-state index in [0.717, 1.165) is 6.42 Å². The Morgan fingerprint density at radius 3 is 2.48 bits per heavy atom. The molecule has 0 saturated heterocycles. The average molecular weight is 415 g/mol. The summed E-state index contributed by atoms with van der Waals surface area (Å²) in [5.41, 5.74) is 1.02. The summed E-state index contributed by atoms with van der Waals surface area (Å²) >= 11 is 6.35. The van der Waals surface area contributed by atoms with Gasteiger partial charge in [0.1, 0.15) is 17.4 Å². The molecule has 0 heterocycles. The molecule has 0 bridgehead atoms. The summed E-state index contributed by atoms with van der Waals surface area (Å²) < 4.78 is 16.3. The predicted octanol–water partition coefficient (Wildman–Crippen LogP) is 5.08. The summed E-state index contributed by atoms with van der Waals surface area (Å²) in [4.78, 5) is 12.5. The first kappa shape index (κ1) is 22.1. The van der Waals surface area contributed by atoms with Crippen LogP contribution in [-0.4, -0.2) is 26.2 Å². The second kappa shape index (κ2) is 10.4. The third-order valence-electron chi connectivity index (χ3n) is 4.17. The first-order valence-electron chi connectivity index (χ1n) is 9.03. The minimum atomic E-state index is -0.535. The number of ether oxygens (including phenoxy) is 3. The Labute approximate surface area is 175 Å². The fourth-order valence-electron chi connectivity index (χ4n) is 2.41. The molecule has 152 valence electrons. The van der Waals surface area contributed by atoms with E-state index in [4.69, 9.17) is 25.8 Å². The zero-order valence-electron chi connectivity index (χ0n) is 16.8. The molecule has 0 fully saturated rings. The number of hydrogen-bond donors (Lipinski definition) is 1. The summed E-state index contributed by atoms with van der Waals surface area (Å²) in [6.45, 7) is 3.93. The van der Waals surface area contributed by atoms with Crippen LogP contribution in [-0.2, 0) is 4.79 Å². The van der Waals surface area contributed by atoms with Crippen LogP contribution >= 0.6 is 11.6 Å². The molecule has 0 aliphatic rings. The lowest BCUT2D eigenvalue weighted by Gasteiger charge is -2.17. The van der Waals surface area contributed by atoms with Gasteiger partial charge in [-0.3, -0.25) is 4.79 Å². The third kappa shape index (κ3) is 5.90. The second-order valence-corrected chi connectivity index (χ2v) is 6.63. The summed E-state index contributed by atoms with van der Waals surface area (Å²) in [6.07, 6.45) is 2.22. The number of benzene rings is 2. The molecule has 0 saturated carbocycles. The van der Waals surface area contributed by atoms with Gasteiger partial charge in [0, 0.05) is 5.69 Å². The van der Waals surface area contributed by atoms with Gasteiger partial charge >= 0.3 is 0 Å². The standard InChI is InChI=1S/C22H23ClN2O4/c1-5-14(2)29-21-19(23)11-15(12-20(21)28-4)10-16(13-24)22(26)25-17-6-8-18(27-3)9-7-17/h6-12,14H,5H2,1-4H3,(H,25,26)/b16-10-/t14-/m0/s1. The van der Waals surface area contributed by atoms with Gasteiger partial charge in [0.2, 0.25) is 0 Å². The number of carbonyl (C=O) groups is 1. The van der Waals surface area contributed by atoms with Crippen LogP contribution in [0.5, 0.6) is 17.2 Å². The van der Waals surface area contributed by atoms with Crippen molar-refractivity contribution in [1.82, 2.24) is 0 Å². The summed E-state index contributed by atoms with van der Waals surface area (Å²) in [5.74, 6) is 0.993. The molecule has 0 aliphatic heterocycles. The molecule has 2 aromatic rings. The van der Waals surface area contributed by atoms with Crippen molar-refractivity contribution in [2.75, 3.05) is 19.5 Å². The lowest BCUT2D eigenvalue weighted by Crippen LogP contribution is -2.13. The van der Waals surface area contributed by atoms with Gasteiger partial charge in [-0.2, -0.15) is 5.26 Å². The zero-order chi connectivity index (χ0) is 21.4. The first-order chi connectivity index (χ1) is 13.9. The quantitative estimate of drug-likeness (QED) is 0.481. The SMILES string of the molecule is CC[C@H](C)Oc1c(Cl)cc(/C=C(/C#N)C(=O)Nc2ccc(OC)cc2)cc1OC. The Balaban J connectivity index is 2.28. The van der Waals surface area contributed by atoms with Crippen molar-refractivity contribution in [3.8, 4) is 23.3 Å². The highest BCUT2D eigenvalue weighted by Gasteiger charge is 2.16. The van der Waals surface area contributed by atoms with E-state index >= 15 is 0 Å². The minimum Gasteiger partial charge on any atom is -0.497 e. The number of carbonyl (C=O) groups excluding carboxylic acids is 1. The number of rotatable bonds is 8. The topological polar surface area (TPSA) is 80.6 Å². The molecule has 6 nitrogen and oxygen atoms in total. The maximum atomic E-state index is 12.5. The third-order valence-corrected chi connectivity index (χ3v) is 4.45. The number of methoxy groups -OCH3 is 2. The predicted molar refractivity (Wildman–Crippen MR) is 114 cm³/mol. The summed E-state index contributed by atoms with van der Waals surface area (Å²) in [7, 11) is 3.06. The Morgan fingerprint density at radius 2 is 1.93 bits per heavy atom. The molecule has 7 heteroatoms. The van der Waals surface area contributed by atoms with Gasteiger partial charge in [-0.05, 0) is 61.4 Å². The Morgan fingerprint density at radius 1 is 1.24 bits per heavy atom. The van der Waals surface area contributed by atoms with Crippen LogP contribution in [0.25, 0.3) is 6.08 Å². The number of anilines is 1. The maximum Gasteiger partial charge on any atom is 0.266 e. The molecule has 1 N–H and O–H groups in total. The van der Waals surface area contributed by atoms with Crippen molar-refractivity contribution < 1.29 is 19.0 Å². The van der Waals surface area contributed by atoms with E-state index in [1.807, 2.05) is 19.9 Å². The average Bonchev–Trinajstić information content (AvgIpc) is 2.73. The van der Waals surface area contributed by atoms with Gasteiger partial charge in [-0.1, -0.05) is 18.5 Å². The Hall–Kier alpha value is -3.17. The van der Waals surface area contributed by atoms with Gasteiger partial charge in [-0.25, -0.2) is 0 Å². The number of nitrogens with one attached hydrogen (secondary N) is 1. The molecule has 0 radical (unpaired) electrons.